The van der Waals surface area contributed by atoms with Gasteiger partial charge in [-0.05, 0) is 61.9 Å². The van der Waals surface area contributed by atoms with Gasteiger partial charge in [-0.15, -0.1) is 0 Å². The van der Waals surface area contributed by atoms with Gasteiger partial charge in [-0.25, -0.2) is 0 Å². The van der Waals surface area contributed by atoms with Gasteiger partial charge in [-0.3, -0.25) is 19.3 Å². The van der Waals surface area contributed by atoms with Gasteiger partial charge in [0, 0.05) is 75.5 Å². The Balaban J connectivity index is 1.38. The minimum Gasteiger partial charge on any atom is -0.342 e. The zero-order chi connectivity index (χ0) is 24.4. The number of carbonyl (C=O) groups is 3. The first-order valence-electron chi connectivity index (χ1n) is 12.8. The second-order valence-electron chi connectivity index (χ2n) is 10.5. The van der Waals surface area contributed by atoms with Crippen molar-refractivity contribution in [3.05, 3.63) is 33.8 Å². The lowest BCUT2D eigenvalue weighted by Crippen LogP contribution is -2.54. The van der Waals surface area contributed by atoms with Crippen molar-refractivity contribution in [1.82, 2.24) is 14.7 Å². The highest BCUT2D eigenvalue weighted by molar-refractivity contribution is 6.30. The molecule has 0 bridgehead atoms. The van der Waals surface area contributed by atoms with Gasteiger partial charge in [0.1, 0.15) is 5.78 Å². The molecule has 3 aliphatic rings. The van der Waals surface area contributed by atoms with Crippen molar-refractivity contribution in [1.29, 1.82) is 0 Å². The first kappa shape index (κ1) is 25.2. The van der Waals surface area contributed by atoms with Crippen molar-refractivity contribution < 1.29 is 14.4 Å². The van der Waals surface area contributed by atoms with Gasteiger partial charge < -0.3 is 9.80 Å². The van der Waals surface area contributed by atoms with Crippen molar-refractivity contribution in [3.63, 3.8) is 0 Å². The highest BCUT2D eigenvalue weighted by Gasteiger charge is 2.33. The normalized spacial score (nSPS) is 24.1. The average molecular weight is 488 g/mol. The monoisotopic (exact) mass is 487 g/mol. The molecule has 1 aromatic rings. The number of halogens is 1. The van der Waals surface area contributed by atoms with Crippen LogP contribution in [0.25, 0.3) is 0 Å². The molecule has 2 aliphatic heterocycles. The number of hydrogen-bond donors (Lipinski definition) is 0. The summed E-state index contributed by atoms with van der Waals surface area (Å²) in [6, 6.07) is 4.13. The average Bonchev–Trinajstić information content (AvgIpc) is 3.49. The molecule has 3 fully saturated rings. The van der Waals surface area contributed by atoms with E-state index in [2.05, 4.69) is 23.6 Å². The summed E-state index contributed by atoms with van der Waals surface area (Å²) in [6.45, 7) is 10.2. The van der Waals surface area contributed by atoms with Crippen LogP contribution in [0.3, 0.4) is 0 Å². The molecule has 6 nitrogen and oxygen atoms in total. The van der Waals surface area contributed by atoms with E-state index >= 15 is 0 Å². The van der Waals surface area contributed by atoms with Crippen LogP contribution >= 0.6 is 11.6 Å². The largest absolute Gasteiger partial charge is 0.342 e. The summed E-state index contributed by atoms with van der Waals surface area (Å²) in [6.07, 6.45) is 5.55. The van der Waals surface area contributed by atoms with E-state index < -0.39 is 0 Å². The van der Waals surface area contributed by atoms with Crippen molar-refractivity contribution in [3.8, 4) is 0 Å². The SMILES string of the molecule is CC(=O)N1CC[C@@H](C(=O)Cc2cc(Cl)cc(CN3CCN(C(=O)C4CCCC4)[C@@H](C)C3)c2C)C1. The molecule has 7 heteroatoms. The molecular weight excluding hydrogens is 450 g/mol. The van der Waals surface area contributed by atoms with Crippen LogP contribution in [-0.2, 0) is 27.3 Å². The molecule has 1 aromatic carbocycles. The Morgan fingerprint density at radius 2 is 1.68 bits per heavy atom. The maximum atomic E-state index is 13.0. The maximum absolute atomic E-state index is 13.0. The summed E-state index contributed by atoms with van der Waals surface area (Å²) in [7, 11) is 0. The van der Waals surface area contributed by atoms with Gasteiger partial charge >= 0.3 is 0 Å². The number of ketones is 1. The van der Waals surface area contributed by atoms with Crippen LogP contribution in [-0.4, -0.2) is 71.1 Å². The standard InChI is InChI=1S/C27H38ClN3O3/c1-18-15-29(10-11-31(18)27(34)21-6-4-5-7-21)16-24-13-25(28)12-23(19(24)2)14-26(33)22-8-9-30(17-22)20(3)32/h12-13,18,21-22H,4-11,14-17H2,1-3H3/t18-,22+/m0/s1. The summed E-state index contributed by atoms with van der Waals surface area (Å²) in [5, 5.41) is 0.656. The predicted octanol–water partition coefficient (Wildman–Crippen LogP) is 3.85. The van der Waals surface area contributed by atoms with Crippen LogP contribution in [0, 0.1) is 18.8 Å². The molecule has 1 saturated carbocycles. The molecule has 2 atom stereocenters. The van der Waals surface area contributed by atoms with E-state index in [9.17, 15) is 14.4 Å². The molecule has 0 unspecified atom stereocenters. The molecule has 34 heavy (non-hydrogen) atoms. The number of piperazine rings is 1. The third kappa shape index (κ3) is 5.65. The highest BCUT2D eigenvalue weighted by Crippen LogP contribution is 2.29. The molecule has 0 radical (unpaired) electrons. The van der Waals surface area contributed by atoms with E-state index in [-0.39, 0.29) is 29.6 Å². The van der Waals surface area contributed by atoms with E-state index in [0.717, 1.165) is 62.1 Å². The lowest BCUT2D eigenvalue weighted by molar-refractivity contribution is -0.140. The number of carbonyl (C=O) groups excluding carboxylic acids is 3. The molecule has 0 spiro atoms. The minimum atomic E-state index is -0.0861. The maximum Gasteiger partial charge on any atom is 0.226 e. The van der Waals surface area contributed by atoms with Crippen LogP contribution in [0.4, 0.5) is 0 Å². The van der Waals surface area contributed by atoms with E-state index in [4.69, 9.17) is 11.6 Å². The lowest BCUT2D eigenvalue weighted by atomic mass is 9.92. The van der Waals surface area contributed by atoms with Crippen molar-refractivity contribution in [2.24, 2.45) is 11.8 Å². The predicted molar refractivity (Wildman–Crippen MR) is 134 cm³/mol. The molecule has 4 rings (SSSR count). The zero-order valence-corrected chi connectivity index (χ0v) is 21.6. The Morgan fingerprint density at radius 3 is 2.32 bits per heavy atom. The van der Waals surface area contributed by atoms with Gasteiger partial charge in [0.25, 0.3) is 0 Å². The van der Waals surface area contributed by atoms with E-state index in [1.807, 2.05) is 12.1 Å². The first-order chi connectivity index (χ1) is 16.2. The van der Waals surface area contributed by atoms with Gasteiger partial charge in [-0.1, -0.05) is 24.4 Å². The number of benzene rings is 1. The number of amides is 2. The number of hydrogen-bond acceptors (Lipinski definition) is 4. The summed E-state index contributed by atoms with van der Waals surface area (Å²) in [5.41, 5.74) is 3.25. The zero-order valence-electron chi connectivity index (χ0n) is 20.8. The van der Waals surface area contributed by atoms with Crippen molar-refractivity contribution >= 4 is 29.2 Å². The fourth-order valence-corrected chi connectivity index (χ4v) is 6.20. The molecule has 0 aromatic heterocycles. The molecule has 2 amide bonds. The van der Waals surface area contributed by atoms with Crippen molar-refractivity contribution in [2.45, 2.75) is 71.9 Å². The first-order valence-corrected chi connectivity index (χ1v) is 13.2. The Morgan fingerprint density at radius 1 is 0.971 bits per heavy atom. The van der Waals surface area contributed by atoms with Crippen LogP contribution in [0.15, 0.2) is 12.1 Å². The number of nitrogens with zero attached hydrogens (tertiary/aromatic N) is 3. The second kappa shape index (κ2) is 10.8. The molecular formula is C27H38ClN3O3. The van der Waals surface area contributed by atoms with Crippen LogP contribution in [0.2, 0.25) is 5.02 Å². The fourth-order valence-electron chi connectivity index (χ4n) is 5.94. The molecule has 2 saturated heterocycles. The Labute approximate surface area is 208 Å². The molecule has 2 heterocycles. The number of likely N-dealkylation sites (tertiary alicyclic amines) is 1. The van der Waals surface area contributed by atoms with E-state index in [1.54, 1.807) is 11.8 Å². The quantitative estimate of drug-likeness (QED) is 0.611. The smallest absolute Gasteiger partial charge is 0.226 e. The van der Waals surface area contributed by atoms with Crippen LogP contribution < -0.4 is 0 Å². The Hall–Kier alpha value is -1.92. The van der Waals surface area contributed by atoms with Gasteiger partial charge in [0.15, 0.2) is 0 Å². The summed E-state index contributed by atoms with van der Waals surface area (Å²) < 4.78 is 0. The molecule has 0 N–H and O–H groups in total. The second-order valence-corrected chi connectivity index (χ2v) is 11.0. The van der Waals surface area contributed by atoms with Gasteiger partial charge in [-0.2, -0.15) is 0 Å². The molecule has 1 aliphatic carbocycles. The topological polar surface area (TPSA) is 60.9 Å². The van der Waals surface area contributed by atoms with Crippen molar-refractivity contribution in [2.75, 3.05) is 32.7 Å². The molecule has 186 valence electrons. The lowest BCUT2D eigenvalue weighted by Gasteiger charge is -2.41. The van der Waals surface area contributed by atoms with Crippen LogP contribution in [0.1, 0.15) is 62.6 Å². The summed E-state index contributed by atoms with van der Waals surface area (Å²) in [4.78, 5) is 43.8. The van der Waals surface area contributed by atoms with E-state index in [0.29, 0.717) is 30.4 Å². The fraction of sp³-hybridized carbons (Fsp3) is 0.667. The van der Waals surface area contributed by atoms with Crippen LogP contribution in [0.5, 0.6) is 0 Å². The summed E-state index contributed by atoms with van der Waals surface area (Å²) in [5.74, 6) is 0.715. The Bertz CT molecular complexity index is 943. The number of rotatable bonds is 6. The highest BCUT2D eigenvalue weighted by atomic mass is 35.5. The third-order valence-electron chi connectivity index (χ3n) is 8.13. The Kier molecular flexibility index (Phi) is 7.98. The van der Waals surface area contributed by atoms with Gasteiger partial charge in [0.2, 0.25) is 11.8 Å². The summed E-state index contributed by atoms with van der Waals surface area (Å²) >= 11 is 6.48. The number of Topliss-reactive ketones (excluding diaryl/α,β-unsaturated/α-hetero) is 1. The van der Waals surface area contributed by atoms with E-state index in [1.165, 1.54) is 12.8 Å². The minimum absolute atomic E-state index is 0.0378. The third-order valence-corrected chi connectivity index (χ3v) is 8.35. The van der Waals surface area contributed by atoms with Gasteiger partial charge in [0.05, 0.1) is 0 Å².